The van der Waals surface area contributed by atoms with Crippen LogP contribution in [0.3, 0.4) is 0 Å². The first-order chi connectivity index (χ1) is 11.4. The summed E-state index contributed by atoms with van der Waals surface area (Å²) in [7, 11) is 1.19. The second kappa shape index (κ2) is 5.80. The lowest BCUT2D eigenvalue weighted by molar-refractivity contribution is -0.143. The van der Waals surface area contributed by atoms with Crippen molar-refractivity contribution in [2.24, 2.45) is 0 Å². The molecule has 2 aromatic rings. The lowest BCUT2D eigenvalue weighted by Gasteiger charge is -2.15. The van der Waals surface area contributed by atoms with Gasteiger partial charge in [-0.3, -0.25) is 19.3 Å². The van der Waals surface area contributed by atoms with Gasteiger partial charge in [-0.05, 0) is 19.1 Å². The fourth-order valence-corrected chi connectivity index (χ4v) is 2.47. The number of urea groups is 1. The highest BCUT2D eigenvalue weighted by molar-refractivity contribution is 6.44. The molecule has 8 heteroatoms. The predicted molar refractivity (Wildman–Crippen MR) is 82.7 cm³/mol. The van der Waals surface area contributed by atoms with E-state index in [1.165, 1.54) is 7.05 Å². The molecule has 1 fully saturated rings. The molecule has 0 saturated carbocycles. The molecule has 24 heavy (non-hydrogen) atoms. The van der Waals surface area contributed by atoms with Gasteiger partial charge in [-0.2, -0.15) is 0 Å². The van der Waals surface area contributed by atoms with Gasteiger partial charge >= 0.3 is 17.8 Å². The Morgan fingerprint density at radius 3 is 2.54 bits per heavy atom. The van der Waals surface area contributed by atoms with Crippen molar-refractivity contribution in [1.82, 2.24) is 15.1 Å². The first-order valence-corrected chi connectivity index (χ1v) is 7.30. The van der Waals surface area contributed by atoms with Gasteiger partial charge in [-0.1, -0.05) is 18.2 Å². The van der Waals surface area contributed by atoms with Crippen LogP contribution in [0.4, 0.5) is 4.79 Å². The molecule has 1 aliphatic rings. The van der Waals surface area contributed by atoms with Gasteiger partial charge < -0.3 is 9.73 Å². The van der Waals surface area contributed by atoms with Gasteiger partial charge in [0, 0.05) is 12.4 Å². The van der Waals surface area contributed by atoms with E-state index in [9.17, 15) is 19.2 Å². The molecular formula is C16H15N3O5. The number of para-hydroxylation sites is 1. The van der Waals surface area contributed by atoms with Crippen molar-refractivity contribution in [2.45, 2.75) is 13.0 Å². The normalized spacial score (nSPS) is 16.2. The van der Waals surface area contributed by atoms with E-state index in [4.69, 9.17) is 4.42 Å². The smallest absolute Gasteiger partial charge is 0.334 e. The Morgan fingerprint density at radius 2 is 1.92 bits per heavy atom. The zero-order valence-corrected chi connectivity index (χ0v) is 13.1. The average Bonchev–Trinajstić information content (AvgIpc) is 3.07. The van der Waals surface area contributed by atoms with Crippen LogP contribution in [0.5, 0.6) is 0 Å². The van der Waals surface area contributed by atoms with E-state index in [1.807, 2.05) is 30.3 Å². The monoisotopic (exact) mass is 329 g/mol. The molecule has 1 aromatic carbocycles. The Kier molecular flexibility index (Phi) is 3.80. The van der Waals surface area contributed by atoms with Gasteiger partial charge in [0.25, 0.3) is 0 Å². The van der Waals surface area contributed by atoms with Crippen molar-refractivity contribution in [3.63, 3.8) is 0 Å². The molecule has 124 valence electrons. The fourth-order valence-electron chi connectivity index (χ4n) is 2.47. The Balaban J connectivity index is 1.67. The van der Waals surface area contributed by atoms with Crippen molar-refractivity contribution in [3.8, 4) is 0 Å². The molecule has 0 aliphatic carbocycles. The summed E-state index contributed by atoms with van der Waals surface area (Å²) in [5.41, 5.74) is 0.700. The molecular weight excluding hydrogens is 314 g/mol. The number of nitrogens with one attached hydrogen (secondary N) is 1. The van der Waals surface area contributed by atoms with E-state index in [-0.39, 0.29) is 0 Å². The number of fused-ring (bicyclic) bond motifs is 1. The van der Waals surface area contributed by atoms with Crippen LogP contribution in [0.1, 0.15) is 18.7 Å². The lowest BCUT2D eigenvalue weighted by Crippen LogP contribution is -2.41. The number of amides is 5. The minimum atomic E-state index is -1.01. The second-order valence-corrected chi connectivity index (χ2v) is 5.51. The van der Waals surface area contributed by atoms with E-state index < -0.39 is 36.3 Å². The number of hydrogen-bond acceptors (Lipinski definition) is 5. The van der Waals surface area contributed by atoms with Crippen LogP contribution in [0, 0.1) is 0 Å². The van der Waals surface area contributed by atoms with E-state index in [2.05, 4.69) is 5.32 Å². The number of likely N-dealkylation sites (N-methyl/N-ethyl adjacent to an activating group) is 1. The number of imide groups is 2. The summed E-state index contributed by atoms with van der Waals surface area (Å²) in [4.78, 5) is 48.2. The number of rotatable bonds is 4. The third-order valence-corrected chi connectivity index (χ3v) is 3.80. The fraction of sp³-hybridized carbons (Fsp3) is 0.250. The van der Waals surface area contributed by atoms with Crippen LogP contribution < -0.4 is 5.32 Å². The summed E-state index contributed by atoms with van der Waals surface area (Å²) >= 11 is 0. The first-order valence-electron chi connectivity index (χ1n) is 7.30. The maximum atomic E-state index is 12.1. The Labute approximate surface area is 137 Å². The summed E-state index contributed by atoms with van der Waals surface area (Å²) in [6.07, 6.45) is 0. The molecule has 1 N–H and O–H groups in total. The van der Waals surface area contributed by atoms with Crippen molar-refractivity contribution in [1.29, 1.82) is 0 Å². The summed E-state index contributed by atoms with van der Waals surface area (Å²) in [5.74, 6) is -1.96. The Bertz CT molecular complexity index is 823. The average molecular weight is 329 g/mol. The zero-order chi connectivity index (χ0) is 17.4. The molecule has 0 radical (unpaired) electrons. The molecule has 1 saturated heterocycles. The molecule has 0 spiro atoms. The topological polar surface area (TPSA) is 99.9 Å². The summed E-state index contributed by atoms with van der Waals surface area (Å²) < 4.78 is 5.65. The van der Waals surface area contributed by atoms with Gasteiger partial charge in [-0.15, -0.1) is 0 Å². The number of nitrogens with zero attached hydrogens (tertiary/aromatic N) is 2. The molecule has 5 amide bonds. The van der Waals surface area contributed by atoms with Crippen LogP contribution in [-0.4, -0.2) is 47.1 Å². The molecule has 2 heterocycles. The van der Waals surface area contributed by atoms with Crippen molar-refractivity contribution >= 4 is 34.7 Å². The highest BCUT2D eigenvalue weighted by atomic mass is 16.3. The van der Waals surface area contributed by atoms with Crippen molar-refractivity contribution < 1.29 is 23.6 Å². The third kappa shape index (κ3) is 2.62. The van der Waals surface area contributed by atoms with Gasteiger partial charge in [-0.25, -0.2) is 9.69 Å². The van der Waals surface area contributed by atoms with Crippen LogP contribution in [-0.2, 0) is 14.4 Å². The molecule has 1 aromatic heterocycles. The SMILES string of the molecule is C[C@@H](NC(=O)CN1C(=O)C(=O)N(C)C1=O)c1cc2ccccc2o1. The van der Waals surface area contributed by atoms with Gasteiger partial charge in [0.05, 0.1) is 6.04 Å². The number of hydrogen-bond donors (Lipinski definition) is 1. The Morgan fingerprint density at radius 1 is 1.21 bits per heavy atom. The van der Waals surface area contributed by atoms with Crippen LogP contribution in [0.25, 0.3) is 11.0 Å². The van der Waals surface area contributed by atoms with E-state index in [1.54, 1.807) is 6.92 Å². The predicted octanol–water partition coefficient (Wildman–Crippen LogP) is 1.03. The second-order valence-electron chi connectivity index (χ2n) is 5.51. The molecule has 0 bridgehead atoms. The zero-order valence-electron chi connectivity index (χ0n) is 13.1. The highest BCUT2D eigenvalue weighted by Crippen LogP contribution is 2.23. The number of carbonyl (C=O) groups excluding carboxylic acids is 4. The summed E-state index contributed by atoms with van der Waals surface area (Å²) in [5, 5.41) is 3.55. The maximum Gasteiger partial charge on any atom is 0.334 e. The van der Waals surface area contributed by atoms with Crippen LogP contribution in [0.2, 0.25) is 0 Å². The molecule has 8 nitrogen and oxygen atoms in total. The van der Waals surface area contributed by atoms with E-state index >= 15 is 0 Å². The Hall–Kier alpha value is -3.16. The van der Waals surface area contributed by atoms with E-state index in [0.717, 1.165) is 5.39 Å². The minimum Gasteiger partial charge on any atom is -0.459 e. The number of benzene rings is 1. The van der Waals surface area contributed by atoms with Crippen molar-refractivity contribution in [2.75, 3.05) is 13.6 Å². The van der Waals surface area contributed by atoms with Crippen LogP contribution in [0.15, 0.2) is 34.7 Å². The van der Waals surface area contributed by atoms with Crippen molar-refractivity contribution in [3.05, 3.63) is 36.1 Å². The minimum absolute atomic E-state index is 0.453. The largest absolute Gasteiger partial charge is 0.459 e. The lowest BCUT2D eigenvalue weighted by atomic mass is 10.2. The van der Waals surface area contributed by atoms with Gasteiger partial charge in [0.15, 0.2) is 0 Å². The quantitative estimate of drug-likeness (QED) is 0.667. The molecule has 1 atom stereocenters. The van der Waals surface area contributed by atoms with Gasteiger partial charge in [0.2, 0.25) is 5.91 Å². The number of carbonyl (C=O) groups is 4. The number of furan rings is 1. The third-order valence-electron chi connectivity index (χ3n) is 3.80. The standard InChI is InChI=1S/C16H15N3O5/c1-9(12-7-10-5-3-4-6-11(10)24-12)17-13(20)8-19-15(22)14(21)18(2)16(19)23/h3-7,9H,8H2,1-2H3,(H,17,20)/t9-/m1/s1. The first kappa shape index (κ1) is 15.7. The highest BCUT2D eigenvalue weighted by Gasteiger charge is 2.43. The summed E-state index contributed by atoms with van der Waals surface area (Å²) in [6.45, 7) is 1.21. The van der Waals surface area contributed by atoms with Crippen LogP contribution >= 0.6 is 0 Å². The summed E-state index contributed by atoms with van der Waals surface area (Å²) in [6, 6.07) is 7.97. The van der Waals surface area contributed by atoms with E-state index in [0.29, 0.717) is 21.1 Å². The van der Waals surface area contributed by atoms with Gasteiger partial charge in [0.1, 0.15) is 17.9 Å². The molecule has 0 unspecified atom stereocenters. The molecule has 3 rings (SSSR count). The maximum absolute atomic E-state index is 12.1. The molecule has 1 aliphatic heterocycles.